The lowest BCUT2D eigenvalue weighted by molar-refractivity contribution is -0.117. The zero-order valence-electron chi connectivity index (χ0n) is 15.1. The standard InChI is InChI=1S/C21H20Cl2N2O2/c1-3-14(2)25-21(26)17(12-24)10-16-11-19(23)7-8-20(16)27-13-15-5-4-6-18(22)9-15/h4-11,14H,3,13H2,1-2H3,(H,25,26)/b17-10+/t14-/m0/s1. The molecule has 0 bridgehead atoms. The Morgan fingerprint density at radius 3 is 2.67 bits per heavy atom. The summed E-state index contributed by atoms with van der Waals surface area (Å²) >= 11 is 12.1. The average molecular weight is 403 g/mol. The van der Waals surface area contributed by atoms with Gasteiger partial charge in [0.15, 0.2) is 0 Å². The van der Waals surface area contributed by atoms with Gasteiger partial charge in [0.05, 0.1) is 0 Å². The predicted molar refractivity (Wildman–Crippen MR) is 109 cm³/mol. The quantitative estimate of drug-likeness (QED) is 0.498. The molecule has 0 saturated heterocycles. The van der Waals surface area contributed by atoms with Gasteiger partial charge in [-0.25, -0.2) is 0 Å². The van der Waals surface area contributed by atoms with E-state index in [9.17, 15) is 10.1 Å². The number of ether oxygens (including phenoxy) is 1. The average Bonchev–Trinajstić information content (AvgIpc) is 2.65. The minimum absolute atomic E-state index is 0.00910. The van der Waals surface area contributed by atoms with Crippen molar-refractivity contribution in [3.8, 4) is 11.8 Å². The number of carbonyl (C=O) groups is 1. The monoisotopic (exact) mass is 402 g/mol. The van der Waals surface area contributed by atoms with E-state index >= 15 is 0 Å². The largest absolute Gasteiger partial charge is 0.488 e. The molecule has 2 aromatic rings. The lowest BCUT2D eigenvalue weighted by Gasteiger charge is -2.12. The molecule has 4 nitrogen and oxygen atoms in total. The number of hydrogen-bond acceptors (Lipinski definition) is 3. The topological polar surface area (TPSA) is 62.1 Å². The van der Waals surface area contributed by atoms with Crippen LogP contribution < -0.4 is 10.1 Å². The lowest BCUT2D eigenvalue weighted by Crippen LogP contribution is -2.32. The van der Waals surface area contributed by atoms with Gasteiger partial charge in [-0.1, -0.05) is 42.3 Å². The van der Waals surface area contributed by atoms with Crippen molar-refractivity contribution in [2.24, 2.45) is 0 Å². The molecule has 140 valence electrons. The Hall–Kier alpha value is -2.48. The van der Waals surface area contributed by atoms with Crippen LogP contribution in [0.1, 0.15) is 31.4 Å². The Morgan fingerprint density at radius 1 is 1.26 bits per heavy atom. The van der Waals surface area contributed by atoms with Crippen molar-refractivity contribution in [1.29, 1.82) is 5.26 Å². The molecule has 0 unspecified atom stereocenters. The van der Waals surface area contributed by atoms with Gasteiger partial charge in [-0.15, -0.1) is 0 Å². The summed E-state index contributed by atoms with van der Waals surface area (Å²) in [5, 5.41) is 13.3. The normalized spacial score (nSPS) is 12.2. The van der Waals surface area contributed by atoms with Gasteiger partial charge < -0.3 is 10.1 Å². The number of carbonyl (C=O) groups excluding carboxylic acids is 1. The third-order valence-corrected chi connectivity index (χ3v) is 4.38. The summed E-state index contributed by atoms with van der Waals surface area (Å²) in [6, 6.07) is 14.3. The molecule has 6 heteroatoms. The summed E-state index contributed by atoms with van der Waals surface area (Å²) in [5.41, 5.74) is 1.45. The molecule has 0 spiro atoms. The third kappa shape index (κ3) is 6.32. The van der Waals surface area contributed by atoms with Crippen molar-refractivity contribution in [3.63, 3.8) is 0 Å². The van der Waals surface area contributed by atoms with Crippen LogP contribution in [-0.4, -0.2) is 11.9 Å². The highest BCUT2D eigenvalue weighted by Gasteiger charge is 2.13. The van der Waals surface area contributed by atoms with Crippen molar-refractivity contribution in [3.05, 3.63) is 69.2 Å². The van der Waals surface area contributed by atoms with E-state index in [2.05, 4.69) is 5.32 Å². The Balaban J connectivity index is 2.26. The minimum atomic E-state index is -0.424. The number of nitriles is 1. The fourth-order valence-electron chi connectivity index (χ4n) is 2.26. The third-order valence-electron chi connectivity index (χ3n) is 3.91. The molecule has 1 N–H and O–H groups in total. The molecule has 0 saturated carbocycles. The van der Waals surface area contributed by atoms with Gasteiger partial charge in [0.2, 0.25) is 0 Å². The summed E-state index contributed by atoms with van der Waals surface area (Å²) in [5.74, 6) is 0.0936. The molecule has 0 aliphatic heterocycles. The predicted octanol–water partition coefficient (Wildman–Crippen LogP) is 5.39. The van der Waals surface area contributed by atoms with Crippen molar-refractivity contribution in [1.82, 2.24) is 5.32 Å². The fourth-order valence-corrected chi connectivity index (χ4v) is 2.65. The Morgan fingerprint density at radius 2 is 2.00 bits per heavy atom. The number of rotatable bonds is 7. The second kappa shape index (κ2) is 10.0. The van der Waals surface area contributed by atoms with Crippen LogP contribution in [0.15, 0.2) is 48.0 Å². The Bertz CT molecular complexity index is 888. The summed E-state index contributed by atoms with van der Waals surface area (Å²) in [7, 11) is 0. The Labute approximate surface area is 169 Å². The number of nitrogens with one attached hydrogen (secondary N) is 1. The molecular formula is C21H20Cl2N2O2. The lowest BCUT2D eigenvalue weighted by atomic mass is 10.1. The molecule has 0 aliphatic rings. The van der Waals surface area contributed by atoms with Gasteiger partial charge in [0.1, 0.15) is 24.0 Å². The number of hydrogen-bond donors (Lipinski definition) is 1. The van der Waals surface area contributed by atoms with Crippen molar-refractivity contribution < 1.29 is 9.53 Å². The van der Waals surface area contributed by atoms with E-state index in [4.69, 9.17) is 27.9 Å². The molecule has 0 fully saturated rings. The van der Waals surface area contributed by atoms with E-state index in [1.54, 1.807) is 24.3 Å². The van der Waals surface area contributed by atoms with Crippen LogP contribution in [-0.2, 0) is 11.4 Å². The zero-order valence-corrected chi connectivity index (χ0v) is 16.6. The SMILES string of the molecule is CC[C@H](C)NC(=O)/C(C#N)=C/c1cc(Cl)ccc1OCc1cccc(Cl)c1. The van der Waals surface area contributed by atoms with E-state index in [0.29, 0.717) is 28.0 Å². The number of halogens is 2. The van der Waals surface area contributed by atoms with Crippen LogP contribution in [0.5, 0.6) is 5.75 Å². The van der Waals surface area contributed by atoms with E-state index in [0.717, 1.165) is 12.0 Å². The maximum Gasteiger partial charge on any atom is 0.262 e. The maximum atomic E-state index is 12.3. The number of nitrogens with zero attached hydrogens (tertiary/aromatic N) is 1. The second-order valence-electron chi connectivity index (χ2n) is 6.05. The van der Waals surface area contributed by atoms with Gasteiger partial charge in [-0.2, -0.15) is 5.26 Å². The molecule has 2 rings (SSSR count). The molecule has 1 amide bonds. The first-order chi connectivity index (χ1) is 12.9. The van der Waals surface area contributed by atoms with Crippen molar-refractivity contribution in [2.75, 3.05) is 0 Å². The summed E-state index contributed by atoms with van der Waals surface area (Å²) in [4.78, 5) is 12.3. The van der Waals surface area contributed by atoms with Crippen LogP contribution in [0.3, 0.4) is 0 Å². The smallest absolute Gasteiger partial charge is 0.262 e. The molecular weight excluding hydrogens is 383 g/mol. The highest BCUT2D eigenvalue weighted by molar-refractivity contribution is 6.31. The molecule has 0 aliphatic carbocycles. The van der Waals surface area contributed by atoms with E-state index in [1.807, 2.05) is 38.1 Å². The first-order valence-electron chi connectivity index (χ1n) is 8.52. The van der Waals surface area contributed by atoms with Gasteiger partial charge in [0.25, 0.3) is 5.91 Å². The van der Waals surface area contributed by atoms with Crippen LogP contribution in [0.25, 0.3) is 6.08 Å². The second-order valence-corrected chi connectivity index (χ2v) is 6.93. The maximum absolute atomic E-state index is 12.3. The van der Waals surface area contributed by atoms with Crippen LogP contribution in [0, 0.1) is 11.3 Å². The van der Waals surface area contributed by atoms with Gasteiger partial charge in [0, 0.05) is 21.7 Å². The van der Waals surface area contributed by atoms with E-state index < -0.39 is 5.91 Å². The molecule has 27 heavy (non-hydrogen) atoms. The first-order valence-corrected chi connectivity index (χ1v) is 9.28. The molecule has 0 radical (unpaired) electrons. The van der Waals surface area contributed by atoms with Crippen LogP contribution in [0.2, 0.25) is 10.0 Å². The Kier molecular flexibility index (Phi) is 7.72. The minimum Gasteiger partial charge on any atom is -0.488 e. The molecule has 1 atom stereocenters. The number of amides is 1. The summed E-state index contributed by atoms with van der Waals surface area (Å²) < 4.78 is 5.86. The van der Waals surface area contributed by atoms with Crippen molar-refractivity contribution in [2.45, 2.75) is 32.9 Å². The first kappa shape index (κ1) is 20.8. The van der Waals surface area contributed by atoms with Gasteiger partial charge in [-0.3, -0.25) is 4.79 Å². The van der Waals surface area contributed by atoms with E-state index in [-0.39, 0.29) is 11.6 Å². The molecule has 0 heterocycles. The number of benzene rings is 2. The van der Waals surface area contributed by atoms with Crippen LogP contribution in [0.4, 0.5) is 0 Å². The highest BCUT2D eigenvalue weighted by Crippen LogP contribution is 2.26. The van der Waals surface area contributed by atoms with Crippen LogP contribution >= 0.6 is 23.2 Å². The highest BCUT2D eigenvalue weighted by atomic mass is 35.5. The zero-order chi connectivity index (χ0) is 19.8. The van der Waals surface area contributed by atoms with E-state index in [1.165, 1.54) is 6.08 Å². The summed E-state index contributed by atoms with van der Waals surface area (Å²) in [6.07, 6.45) is 2.26. The van der Waals surface area contributed by atoms with Crippen molar-refractivity contribution >= 4 is 35.2 Å². The molecule has 0 aromatic heterocycles. The van der Waals surface area contributed by atoms with Gasteiger partial charge in [-0.05, 0) is 55.3 Å². The molecule has 2 aromatic carbocycles. The van der Waals surface area contributed by atoms with Gasteiger partial charge >= 0.3 is 0 Å². The summed E-state index contributed by atoms with van der Waals surface area (Å²) in [6.45, 7) is 4.13. The fraction of sp³-hybridized carbons (Fsp3) is 0.238.